The molecular weight excluding hydrogens is 558 g/mol. The van der Waals surface area contributed by atoms with Gasteiger partial charge in [0.2, 0.25) is 0 Å². The zero-order chi connectivity index (χ0) is 30.6. The van der Waals surface area contributed by atoms with Crippen molar-refractivity contribution in [2.45, 2.75) is 109 Å². The van der Waals surface area contributed by atoms with Crippen LogP contribution in [0.25, 0.3) is 0 Å². The number of unbranched alkanes of at least 4 members (excludes halogenated alkanes) is 13. The first-order valence-electron chi connectivity index (χ1n) is 14.1. The van der Waals surface area contributed by atoms with Crippen molar-refractivity contribution < 1.29 is 51.8 Å². The minimum atomic E-state index is -4.89. The van der Waals surface area contributed by atoms with Gasteiger partial charge in [-0.2, -0.15) is 24.9 Å². The summed E-state index contributed by atoms with van der Waals surface area (Å²) in [5, 5.41) is 17.4. The van der Waals surface area contributed by atoms with Crippen LogP contribution in [0.1, 0.15) is 96.8 Å². The molecule has 1 unspecified atom stereocenters. The number of likely N-dealkylation sites (N-methyl/N-ethyl adjacent to an activating group) is 1. The maximum Gasteiger partial charge on any atom is 0.411 e. The van der Waals surface area contributed by atoms with E-state index in [2.05, 4.69) is 32.8 Å². The summed E-state index contributed by atoms with van der Waals surface area (Å²) in [4.78, 5) is 22.9. The Morgan fingerprint density at radius 2 is 1.23 bits per heavy atom. The fourth-order valence-electron chi connectivity index (χ4n) is 3.28. The normalized spacial score (nSPS) is 12.8. The summed E-state index contributed by atoms with van der Waals surface area (Å²) < 4.78 is 50.5. The third-order valence-electron chi connectivity index (χ3n) is 5.40. The Balaban J connectivity index is -0.000000890. The Morgan fingerprint density at radius 1 is 0.846 bits per heavy atom. The quantitative estimate of drug-likeness (QED) is 0.0737. The highest BCUT2D eigenvalue weighted by Gasteiger charge is 2.29. The van der Waals surface area contributed by atoms with Crippen molar-refractivity contribution in [3.8, 4) is 0 Å². The van der Waals surface area contributed by atoms with Crippen molar-refractivity contribution in [3.63, 3.8) is 0 Å². The van der Waals surface area contributed by atoms with E-state index in [4.69, 9.17) is 29.5 Å². The maximum atomic E-state index is 12.1. The number of alkyl halides is 3. The van der Waals surface area contributed by atoms with Crippen LogP contribution < -0.4 is 4.89 Å². The van der Waals surface area contributed by atoms with Gasteiger partial charge in [-0.05, 0) is 12.2 Å². The Morgan fingerprint density at radius 3 is 1.51 bits per heavy atom. The number of ether oxygens (including phenoxy) is 1. The van der Waals surface area contributed by atoms with E-state index >= 15 is 0 Å². The molecule has 8 nitrogen and oxygen atoms in total. The van der Waals surface area contributed by atoms with Gasteiger partial charge in [0.15, 0.2) is 0 Å². The highest BCUT2D eigenvalue weighted by atomic mass is 32.2. The molecule has 0 radical (unpaired) electrons. The number of nitrogens with zero attached hydrogens (tertiary/aromatic N) is 1. The van der Waals surface area contributed by atoms with E-state index in [9.17, 15) is 13.2 Å². The molecule has 0 aliphatic heterocycles. The Hall–Kier alpha value is 0.0900. The number of thioether (sulfide) groups is 1. The van der Waals surface area contributed by atoms with Gasteiger partial charge in [-0.25, -0.2) is 0 Å². The number of phosphoric acid groups is 1. The third-order valence-corrected chi connectivity index (χ3v) is 6.59. The molecule has 0 bridgehead atoms. The second-order valence-corrected chi connectivity index (χ2v) is 12.8. The molecule has 4 N–H and O–H groups in total. The first-order chi connectivity index (χ1) is 18.1. The minimum absolute atomic E-state index is 0.281. The average molecular weight is 616 g/mol. The Bertz CT molecular complexity index is 542. The largest absolute Gasteiger partial charge is 0.756 e. The fraction of sp³-hybridized carbons (Fsp3) is 1.00. The molecule has 0 aliphatic rings. The molecule has 13 heteroatoms. The minimum Gasteiger partial charge on any atom is -0.756 e. The predicted molar refractivity (Wildman–Crippen MR) is 153 cm³/mol. The zero-order valence-corrected chi connectivity index (χ0v) is 26.4. The molecule has 240 valence electrons. The summed E-state index contributed by atoms with van der Waals surface area (Å²) >= 11 is 1.57. The molecule has 39 heavy (non-hydrogen) atoms. The molecule has 0 saturated carbocycles. The van der Waals surface area contributed by atoms with Crippen LogP contribution in [0.2, 0.25) is 0 Å². The van der Waals surface area contributed by atoms with Crippen LogP contribution >= 0.6 is 19.6 Å². The van der Waals surface area contributed by atoms with Crippen molar-refractivity contribution in [1.82, 2.24) is 0 Å². The second kappa shape index (κ2) is 28.2. The molecule has 1 atom stereocenters. The van der Waals surface area contributed by atoms with Crippen molar-refractivity contribution in [1.29, 1.82) is 0 Å². The fourth-order valence-corrected chi connectivity index (χ4v) is 4.32. The number of hydrogen-bond acceptors (Lipinski definition) is 6. The van der Waals surface area contributed by atoms with E-state index in [-0.39, 0.29) is 13.2 Å². The van der Waals surface area contributed by atoms with Crippen molar-refractivity contribution in [2.75, 3.05) is 59.0 Å². The van der Waals surface area contributed by atoms with Gasteiger partial charge in [0.05, 0.1) is 40.5 Å². The molecule has 0 saturated heterocycles. The van der Waals surface area contributed by atoms with Gasteiger partial charge >= 0.3 is 6.18 Å². The van der Waals surface area contributed by atoms with Crippen LogP contribution in [0.3, 0.4) is 0 Å². The van der Waals surface area contributed by atoms with Crippen molar-refractivity contribution in [3.05, 3.63) is 0 Å². The van der Waals surface area contributed by atoms with E-state index in [1.54, 1.807) is 11.8 Å². The molecule has 0 aromatic heterocycles. The zero-order valence-electron chi connectivity index (χ0n) is 24.7. The van der Waals surface area contributed by atoms with E-state index < -0.39 is 26.7 Å². The lowest BCUT2D eigenvalue weighted by atomic mass is 10.0. The van der Waals surface area contributed by atoms with Crippen molar-refractivity contribution in [2.24, 2.45) is 0 Å². The highest BCUT2D eigenvalue weighted by Crippen LogP contribution is 2.19. The summed E-state index contributed by atoms with van der Waals surface area (Å²) in [6, 6.07) is 0. The highest BCUT2D eigenvalue weighted by molar-refractivity contribution is 7.99. The summed E-state index contributed by atoms with van der Waals surface area (Å²) in [6.45, 7) is 1.73. The molecule has 0 aliphatic carbocycles. The number of quaternary nitrogens is 1. The van der Waals surface area contributed by atoms with E-state index in [0.717, 1.165) is 23.2 Å². The molecule has 0 aromatic carbocycles. The monoisotopic (exact) mass is 615 g/mol. The summed E-state index contributed by atoms with van der Waals surface area (Å²) in [7, 11) is 1.27. The number of aliphatic hydroxyl groups excluding tert-OH is 2. The van der Waals surface area contributed by atoms with Gasteiger partial charge < -0.3 is 34.1 Å². The lowest BCUT2D eigenvalue weighted by Gasteiger charge is -2.21. The van der Waals surface area contributed by atoms with Gasteiger partial charge in [0, 0.05) is 5.75 Å². The van der Waals surface area contributed by atoms with Crippen LogP contribution in [-0.2, 0) is 9.30 Å². The van der Waals surface area contributed by atoms with E-state index in [1.807, 2.05) is 0 Å². The molecule has 0 spiro atoms. The first-order valence-corrected chi connectivity index (χ1v) is 16.8. The van der Waals surface area contributed by atoms with Crippen LogP contribution in [-0.4, -0.2) is 95.8 Å². The Labute approximate surface area is 239 Å². The predicted octanol–water partition coefficient (Wildman–Crippen LogP) is 5.27. The first kappa shape index (κ1) is 43.5. The van der Waals surface area contributed by atoms with Gasteiger partial charge in [0.25, 0.3) is 7.82 Å². The smallest absolute Gasteiger partial charge is 0.411 e. The molecule has 0 amide bonds. The number of hydrogen-bond donors (Lipinski definition) is 4. The summed E-state index contributed by atoms with van der Waals surface area (Å²) in [6.07, 6.45) is 13.4. The lowest BCUT2D eigenvalue weighted by Crippen LogP contribution is -2.36. The van der Waals surface area contributed by atoms with E-state index in [0.29, 0.717) is 5.75 Å². The lowest BCUT2D eigenvalue weighted by molar-refractivity contribution is -0.870. The van der Waals surface area contributed by atoms with Gasteiger partial charge in [0.1, 0.15) is 13.2 Å². The standard InChI is InChI=1S/C21H41F3O2S.C5H14NO.H3O4P/c1-2-3-4-5-6-7-8-9-10-11-12-13-14-15-16-27-18-20(17-25)26-19-21(22,23)24;1-6(2,3)4-5-7;1-5(2,3)4/h20,25H,2-19H2,1H3;7H,4-5H2,1-3H3;(H3,1,2,3,4)/q;+1;/p-1. The third kappa shape index (κ3) is 54.8. The van der Waals surface area contributed by atoms with Gasteiger partial charge in [-0.15, -0.1) is 0 Å². The molecule has 0 rings (SSSR count). The topological polar surface area (TPSA) is 130 Å². The van der Waals surface area contributed by atoms with Crippen molar-refractivity contribution >= 4 is 19.6 Å². The van der Waals surface area contributed by atoms with Gasteiger partial charge in [-0.1, -0.05) is 90.4 Å². The summed E-state index contributed by atoms with van der Waals surface area (Å²) in [5.74, 6) is 1.34. The van der Waals surface area contributed by atoms with Crippen LogP contribution in [0.4, 0.5) is 13.2 Å². The van der Waals surface area contributed by atoms with Crippen LogP contribution in [0.15, 0.2) is 0 Å². The Kier molecular flexibility index (Phi) is 31.5. The number of rotatable bonds is 22. The average Bonchev–Trinajstić information content (AvgIpc) is 2.78. The van der Waals surface area contributed by atoms with E-state index in [1.165, 1.54) is 83.5 Å². The van der Waals surface area contributed by atoms with Crippen LogP contribution in [0, 0.1) is 0 Å². The molecule has 0 heterocycles. The second-order valence-electron chi connectivity index (χ2n) is 10.6. The molecular formula is C26H57F3NO7PS. The van der Waals surface area contributed by atoms with Gasteiger partial charge in [-0.3, -0.25) is 4.57 Å². The maximum absolute atomic E-state index is 12.1. The number of halogens is 3. The molecule has 0 aromatic rings. The number of aliphatic hydroxyl groups is 2. The summed E-state index contributed by atoms with van der Waals surface area (Å²) in [5.41, 5.74) is 0. The SMILES string of the molecule is CCCCCCCCCCCCCCCCSCC(CO)OCC(F)(F)F.C[N+](C)(C)CCO.O=P([O-])(O)O. The molecule has 0 fully saturated rings. The van der Waals surface area contributed by atoms with Crippen LogP contribution in [0.5, 0.6) is 0 Å².